The predicted octanol–water partition coefficient (Wildman–Crippen LogP) is 3.18. The van der Waals surface area contributed by atoms with Gasteiger partial charge in [-0.05, 0) is 18.6 Å². The molecule has 1 rings (SSSR count). The molecule has 0 heterocycles. The van der Waals surface area contributed by atoms with E-state index in [1.807, 2.05) is 0 Å². The van der Waals surface area contributed by atoms with Crippen molar-refractivity contribution in [3.8, 4) is 0 Å². The molecule has 0 bridgehead atoms. The Bertz CT molecular complexity index is 595. The third-order valence-electron chi connectivity index (χ3n) is 2.40. The second-order valence-electron chi connectivity index (χ2n) is 4.00. The van der Waals surface area contributed by atoms with Crippen molar-refractivity contribution in [2.75, 3.05) is 0 Å². The highest BCUT2D eigenvalue weighted by atomic mass is 35.5. The fraction of sp³-hybridized carbons (Fsp3) is 0.364. The third kappa shape index (κ3) is 4.23. The van der Waals surface area contributed by atoms with E-state index in [0.29, 0.717) is 6.42 Å². The quantitative estimate of drug-likeness (QED) is 0.816. The Hall–Kier alpha value is -0.530. The molecule has 0 saturated carbocycles. The largest absolute Gasteiger partial charge is 0.480 e. The first kappa shape index (κ1) is 17.5. The van der Waals surface area contributed by atoms with Crippen LogP contribution in [0, 0.1) is 0 Å². The van der Waals surface area contributed by atoms with Gasteiger partial charge in [0.15, 0.2) is 0 Å². The zero-order valence-corrected chi connectivity index (χ0v) is 13.4. The van der Waals surface area contributed by atoms with Gasteiger partial charge >= 0.3 is 5.97 Å². The van der Waals surface area contributed by atoms with Crippen LogP contribution >= 0.6 is 34.8 Å². The Morgan fingerprint density at radius 1 is 1.30 bits per heavy atom. The van der Waals surface area contributed by atoms with Gasteiger partial charge in [-0.1, -0.05) is 48.1 Å². The van der Waals surface area contributed by atoms with E-state index in [-0.39, 0.29) is 26.4 Å². The van der Waals surface area contributed by atoms with Gasteiger partial charge < -0.3 is 5.11 Å². The summed E-state index contributed by atoms with van der Waals surface area (Å²) in [5, 5.41) is 8.82. The minimum absolute atomic E-state index is 0.150. The zero-order chi connectivity index (χ0) is 15.5. The van der Waals surface area contributed by atoms with Gasteiger partial charge in [0.1, 0.15) is 10.9 Å². The second kappa shape index (κ2) is 6.95. The molecule has 112 valence electrons. The minimum Gasteiger partial charge on any atom is -0.480 e. The number of hydrogen-bond acceptors (Lipinski definition) is 3. The van der Waals surface area contributed by atoms with Crippen molar-refractivity contribution in [3.05, 3.63) is 27.2 Å². The fourth-order valence-electron chi connectivity index (χ4n) is 1.55. The summed E-state index contributed by atoms with van der Waals surface area (Å²) in [7, 11) is -4.16. The van der Waals surface area contributed by atoms with Crippen LogP contribution in [0.3, 0.4) is 0 Å². The van der Waals surface area contributed by atoms with Gasteiger partial charge in [0.05, 0.1) is 10.0 Å². The number of carboxylic acid groups (broad SMARTS) is 1. The smallest absolute Gasteiger partial charge is 0.321 e. The Morgan fingerprint density at radius 2 is 1.80 bits per heavy atom. The maximum absolute atomic E-state index is 12.2. The van der Waals surface area contributed by atoms with E-state index in [0.717, 1.165) is 0 Å². The lowest BCUT2D eigenvalue weighted by Gasteiger charge is -2.15. The van der Waals surface area contributed by atoms with Crippen LogP contribution in [0.15, 0.2) is 17.0 Å². The van der Waals surface area contributed by atoms with Gasteiger partial charge in [0, 0.05) is 5.02 Å². The zero-order valence-electron chi connectivity index (χ0n) is 10.4. The highest BCUT2D eigenvalue weighted by Gasteiger charge is 2.28. The van der Waals surface area contributed by atoms with Crippen LogP contribution in [-0.2, 0) is 14.8 Å². The van der Waals surface area contributed by atoms with Crippen LogP contribution in [0.5, 0.6) is 0 Å². The Balaban J connectivity index is 3.20. The molecule has 0 aliphatic carbocycles. The van der Waals surface area contributed by atoms with Crippen LogP contribution in [0.4, 0.5) is 0 Å². The number of rotatable bonds is 6. The minimum atomic E-state index is -4.16. The molecular formula is C11H12Cl3NO4S. The first-order chi connectivity index (χ1) is 9.19. The van der Waals surface area contributed by atoms with Crippen molar-refractivity contribution in [1.29, 1.82) is 0 Å². The van der Waals surface area contributed by atoms with Gasteiger partial charge in [0.25, 0.3) is 0 Å². The number of hydrogen-bond donors (Lipinski definition) is 2. The molecule has 0 saturated heterocycles. The van der Waals surface area contributed by atoms with Crippen LogP contribution in [0.25, 0.3) is 0 Å². The number of benzene rings is 1. The normalized spacial score (nSPS) is 13.2. The highest BCUT2D eigenvalue weighted by Crippen LogP contribution is 2.32. The average Bonchev–Trinajstić information content (AvgIpc) is 2.25. The monoisotopic (exact) mass is 359 g/mol. The van der Waals surface area contributed by atoms with Crippen molar-refractivity contribution >= 4 is 50.8 Å². The second-order valence-corrected chi connectivity index (χ2v) is 6.90. The third-order valence-corrected chi connectivity index (χ3v) is 5.02. The van der Waals surface area contributed by atoms with E-state index >= 15 is 0 Å². The molecule has 0 amide bonds. The summed E-state index contributed by atoms with van der Waals surface area (Å²) in [4.78, 5) is 10.6. The van der Waals surface area contributed by atoms with Gasteiger partial charge in [-0.3, -0.25) is 4.79 Å². The first-order valence-electron chi connectivity index (χ1n) is 5.58. The van der Waals surface area contributed by atoms with Gasteiger partial charge in [-0.15, -0.1) is 0 Å². The van der Waals surface area contributed by atoms with Crippen LogP contribution in [0.2, 0.25) is 15.1 Å². The van der Waals surface area contributed by atoms with E-state index in [2.05, 4.69) is 4.72 Å². The molecule has 0 unspecified atom stereocenters. The van der Waals surface area contributed by atoms with E-state index in [1.165, 1.54) is 12.1 Å². The van der Waals surface area contributed by atoms with Gasteiger partial charge in [-0.2, -0.15) is 4.72 Å². The van der Waals surface area contributed by atoms with E-state index in [9.17, 15) is 13.2 Å². The number of carbonyl (C=O) groups is 1. The van der Waals surface area contributed by atoms with Crippen molar-refractivity contribution in [3.63, 3.8) is 0 Å². The predicted molar refractivity (Wildman–Crippen MR) is 78.1 cm³/mol. The molecule has 0 aliphatic rings. The maximum Gasteiger partial charge on any atom is 0.321 e. The SMILES string of the molecule is CCC[C@H](NS(=O)(=O)c1c(Cl)cc(Cl)cc1Cl)C(=O)O. The number of aliphatic carboxylic acids is 1. The Labute approximate surface area is 131 Å². The van der Waals surface area contributed by atoms with E-state index in [1.54, 1.807) is 6.92 Å². The van der Waals surface area contributed by atoms with E-state index < -0.39 is 22.0 Å². The number of carboxylic acids is 1. The molecular weight excluding hydrogens is 349 g/mol. The van der Waals surface area contributed by atoms with Gasteiger partial charge in [-0.25, -0.2) is 8.42 Å². The molecule has 0 spiro atoms. The summed E-state index contributed by atoms with van der Waals surface area (Å²) < 4.78 is 26.4. The Morgan fingerprint density at radius 3 is 2.20 bits per heavy atom. The number of sulfonamides is 1. The van der Waals surface area contributed by atoms with Crippen LogP contribution in [0.1, 0.15) is 19.8 Å². The molecule has 0 aliphatic heterocycles. The Kier molecular flexibility index (Phi) is 6.09. The van der Waals surface area contributed by atoms with Crippen molar-refractivity contribution in [1.82, 2.24) is 4.72 Å². The van der Waals surface area contributed by atoms with Crippen molar-refractivity contribution < 1.29 is 18.3 Å². The lowest BCUT2D eigenvalue weighted by Crippen LogP contribution is -2.40. The fourth-order valence-corrected chi connectivity index (χ4v) is 4.32. The summed E-state index contributed by atoms with van der Waals surface area (Å²) in [5.41, 5.74) is 0. The average molecular weight is 361 g/mol. The molecule has 0 radical (unpaired) electrons. The molecule has 2 N–H and O–H groups in total. The number of halogens is 3. The summed E-state index contributed by atoms with van der Waals surface area (Å²) in [6.07, 6.45) is 0.652. The topological polar surface area (TPSA) is 83.5 Å². The van der Waals surface area contributed by atoms with Crippen molar-refractivity contribution in [2.45, 2.75) is 30.7 Å². The van der Waals surface area contributed by atoms with E-state index in [4.69, 9.17) is 39.9 Å². The first-order valence-corrected chi connectivity index (χ1v) is 8.20. The molecule has 0 fully saturated rings. The van der Waals surface area contributed by atoms with Crippen LogP contribution < -0.4 is 4.72 Å². The van der Waals surface area contributed by atoms with Crippen molar-refractivity contribution in [2.24, 2.45) is 0 Å². The molecule has 1 atom stereocenters. The molecule has 5 nitrogen and oxygen atoms in total. The summed E-state index contributed by atoms with van der Waals surface area (Å²) in [5.74, 6) is -1.27. The molecule has 0 aromatic heterocycles. The summed E-state index contributed by atoms with van der Waals surface area (Å²) in [6, 6.07) is 1.20. The molecule has 1 aromatic rings. The standard InChI is InChI=1S/C11H12Cl3NO4S/c1-2-3-9(11(16)17)15-20(18,19)10-7(13)4-6(12)5-8(10)14/h4-5,9,15H,2-3H2,1H3,(H,16,17)/t9-/m0/s1. The maximum atomic E-state index is 12.2. The lowest BCUT2D eigenvalue weighted by atomic mass is 10.2. The molecule has 20 heavy (non-hydrogen) atoms. The molecule has 1 aromatic carbocycles. The van der Waals surface area contributed by atoms with Gasteiger partial charge in [0.2, 0.25) is 10.0 Å². The highest BCUT2D eigenvalue weighted by molar-refractivity contribution is 7.89. The molecule has 9 heteroatoms. The van der Waals surface area contributed by atoms with Crippen LogP contribution in [-0.4, -0.2) is 25.5 Å². The summed E-state index contributed by atoms with van der Waals surface area (Å²) in [6.45, 7) is 1.74. The number of nitrogens with one attached hydrogen (secondary N) is 1. The lowest BCUT2D eigenvalue weighted by molar-refractivity contribution is -0.139. The summed E-state index contributed by atoms with van der Waals surface area (Å²) >= 11 is 17.3.